The minimum Gasteiger partial charge on any atom is -0.377 e. The number of ether oxygens (including phenoxy) is 1. The van der Waals surface area contributed by atoms with Crippen LogP contribution in [-0.4, -0.2) is 13.2 Å². The molecule has 0 amide bonds. The maximum absolute atomic E-state index is 5.47. The summed E-state index contributed by atoms with van der Waals surface area (Å²) < 4.78 is 5.47. The van der Waals surface area contributed by atoms with E-state index < -0.39 is 0 Å². The maximum Gasteiger partial charge on any atom is 0.0821 e. The summed E-state index contributed by atoms with van der Waals surface area (Å²) in [4.78, 5) is 0. The molecule has 0 saturated heterocycles. The topological polar surface area (TPSA) is 9.23 Å². The van der Waals surface area contributed by atoms with Gasteiger partial charge in [0.2, 0.25) is 0 Å². The van der Waals surface area contributed by atoms with Gasteiger partial charge < -0.3 is 4.74 Å². The smallest absolute Gasteiger partial charge is 0.0821 e. The highest BCUT2D eigenvalue weighted by molar-refractivity contribution is 5.09. The molecular formula is C14H24O. The van der Waals surface area contributed by atoms with E-state index >= 15 is 0 Å². The van der Waals surface area contributed by atoms with E-state index in [1.165, 1.54) is 24.8 Å². The van der Waals surface area contributed by atoms with E-state index in [1.54, 1.807) is 7.11 Å². The number of hydrogen-bond acceptors (Lipinski definition) is 1. The Morgan fingerprint density at radius 1 is 1.47 bits per heavy atom. The van der Waals surface area contributed by atoms with Crippen LogP contribution < -0.4 is 0 Å². The molecule has 15 heavy (non-hydrogen) atoms. The molecule has 0 fully saturated rings. The summed E-state index contributed by atoms with van der Waals surface area (Å²) in [5.74, 6) is 0. The van der Waals surface area contributed by atoms with Crippen LogP contribution in [0.25, 0.3) is 0 Å². The van der Waals surface area contributed by atoms with Crippen molar-refractivity contribution in [2.45, 2.75) is 52.1 Å². The first-order valence-electron chi connectivity index (χ1n) is 5.82. The first-order chi connectivity index (χ1) is 7.29. The molecule has 0 bridgehead atoms. The molecule has 0 spiro atoms. The lowest BCUT2D eigenvalue weighted by atomic mass is 10.00. The molecule has 86 valence electrons. The van der Waals surface area contributed by atoms with E-state index in [9.17, 15) is 0 Å². The lowest BCUT2D eigenvalue weighted by Crippen LogP contribution is -2.12. The van der Waals surface area contributed by atoms with Crippen molar-refractivity contribution in [1.29, 1.82) is 0 Å². The molecule has 0 radical (unpaired) electrons. The molecule has 0 aliphatic rings. The Kier molecular flexibility index (Phi) is 9.26. The third-order valence-electron chi connectivity index (χ3n) is 2.61. The van der Waals surface area contributed by atoms with E-state index in [1.807, 2.05) is 6.08 Å². The van der Waals surface area contributed by atoms with Crippen LogP contribution in [0.4, 0.5) is 0 Å². The van der Waals surface area contributed by atoms with Crippen LogP contribution >= 0.6 is 0 Å². The van der Waals surface area contributed by atoms with Gasteiger partial charge in [-0.05, 0) is 31.4 Å². The molecular weight excluding hydrogens is 184 g/mol. The SMILES string of the molecule is C=C=CC[C@H](OC)/C(=C\C)CCCCC. The summed E-state index contributed by atoms with van der Waals surface area (Å²) in [6.45, 7) is 7.89. The normalized spacial score (nSPS) is 13.4. The fourth-order valence-corrected chi connectivity index (χ4v) is 1.66. The van der Waals surface area contributed by atoms with Gasteiger partial charge in [-0.2, -0.15) is 0 Å². The van der Waals surface area contributed by atoms with Gasteiger partial charge in [-0.15, -0.1) is 5.73 Å². The molecule has 0 unspecified atom stereocenters. The average Bonchev–Trinajstić information content (AvgIpc) is 2.27. The van der Waals surface area contributed by atoms with Crippen molar-refractivity contribution in [1.82, 2.24) is 0 Å². The van der Waals surface area contributed by atoms with Crippen molar-refractivity contribution in [3.63, 3.8) is 0 Å². The summed E-state index contributed by atoms with van der Waals surface area (Å²) in [5, 5.41) is 0. The van der Waals surface area contributed by atoms with Crippen LogP contribution in [-0.2, 0) is 4.74 Å². The van der Waals surface area contributed by atoms with Gasteiger partial charge in [0.05, 0.1) is 6.10 Å². The standard InChI is InChI=1S/C14H24O/c1-5-8-10-11-13(7-3)14(15-4)12-9-6-2/h7,9,14H,2,5,8,10-12H2,1,3-4H3/b13-7-/t14-/m0/s1. The fourth-order valence-electron chi connectivity index (χ4n) is 1.66. The van der Waals surface area contributed by atoms with Crippen LogP contribution in [0, 0.1) is 0 Å². The van der Waals surface area contributed by atoms with Crippen molar-refractivity contribution in [3.8, 4) is 0 Å². The second-order valence-electron chi connectivity index (χ2n) is 3.69. The zero-order valence-electron chi connectivity index (χ0n) is 10.4. The Labute approximate surface area is 94.5 Å². The predicted octanol–water partition coefficient (Wildman–Crippen LogP) is 4.26. The molecule has 0 N–H and O–H groups in total. The predicted molar refractivity (Wildman–Crippen MR) is 67.0 cm³/mol. The monoisotopic (exact) mass is 208 g/mol. The first-order valence-corrected chi connectivity index (χ1v) is 5.82. The van der Waals surface area contributed by atoms with Gasteiger partial charge in [-0.3, -0.25) is 0 Å². The van der Waals surface area contributed by atoms with E-state index in [0.717, 1.165) is 12.8 Å². The fraction of sp³-hybridized carbons (Fsp3) is 0.643. The average molecular weight is 208 g/mol. The van der Waals surface area contributed by atoms with Gasteiger partial charge in [-0.25, -0.2) is 0 Å². The molecule has 1 heteroatoms. The Balaban J connectivity index is 4.15. The van der Waals surface area contributed by atoms with Gasteiger partial charge in [-0.1, -0.05) is 32.4 Å². The highest BCUT2D eigenvalue weighted by atomic mass is 16.5. The van der Waals surface area contributed by atoms with Crippen molar-refractivity contribution in [2.75, 3.05) is 7.11 Å². The van der Waals surface area contributed by atoms with Crippen LogP contribution in [0.1, 0.15) is 46.0 Å². The number of rotatable bonds is 8. The summed E-state index contributed by atoms with van der Waals surface area (Å²) >= 11 is 0. The molecule has 1 nitrogen and oxygen atoms in total. The highest BCUT2D eigenvalue weighted by Gasteiger charge is 2.10. The van der Waals surface area contributed by atoms with E-state index in [0.29, 0.717) is 0 Å². The maximum atomic E-state index is 5.47. The third kappa shape index (κ3) is 6.33. The summed E-state index contributed by atoms with van der Waals surface area (Å²) in [5.41, 5.74) is 4.20. The number of methoxy groups -OCH3 is 1. The Hall–Kier alpha value is -0.780. The molecule has 0 aromatic carbocycles. The van der Waals surface area contributed by atoms with Gasteiger partial charge in [0.25, 0.3) is 0 Å². The Morgan fingerprint density at radius 2 is 2.20 bits per heavy atom. The van der Waals surface area contributed by atoms with Crippen molar-refractivity contribution in [3.05, 3.63) is 30.0 Å². The van der Waals surface area contributed by atoms with Crippen LogP contribution in [0.15, 0.2) is 30.0 Å². The highest BCUT2D eigenvalue weighted by Crippen LogP contribution is 2.18. The van der Waals surface area contributed by atoms with Gasteiger partial charge in [0.15, 0.2) is 0 Å². The van der Waals surface area contributed by atoms with Crippen LogP contribution in [0.5, 0.6) is 0 Å². The quantitative estimate of drug-likeness (QED) is 0.329. The van der Waals surface area contributed by atoms with Crippen LogP contribution in [0.2, 0.25) is 0 Å². The number of allylic oxidation sites excluding steroid dienone is 1. The van der Waals surface area contributed by atoms with Gasteiger partial charge >= 0.3 is 0 Å². The molecule has 0 aliphatic carbocycles. The number of hydrogen-bond donors (Lipinski definition) is 0. The molecule has 0 saturated carbocycles. The minimum absolute atomic E-state index is 0.209. The van der Waals surface area contributed by atoms with Crippen LogP contribution in [0.3, 0.4) is 0 Å². The Morgan fingerprint density at radius 3 is 2.67 bits per heavy atom. The van der Waals surface area contributed by atoms with Crippen molar-refractivity contribution >= 4 is 0 Å². The zero-order valence-corrected chi connectivity index (χ0v) is 10.4. The molecule has 0 heterocycles. The molecule has 0 rings (SSSR count). The molecule has 0 aliphatic heterocycles. The molecule has 1 atom stereocenters. The zero-order chi connectivity index (χ0) is 11.5. The summed E-state index contributed by atoms with van der Waals surface area (Å²) in [6.07, 6.45) is 10.2. The van der Waals surface area contributed by atoms with Crippen molar-refractivity contribution < 1.29 is 4.74 Å². The lowest BCUT2D eigenvalue weighted by Gasteiger charge is -2.17. The van der Waals surface area contributed by atoms with E-state index in [2.05, 4.69) is 32.2 Å². The summed E-state index contributed by atoms with van der Waals surface area (Å²) in [7, 11) is 1.77. The largest absolute Gasteiger partial charge is 0.377 e. The Bertz CT molecular complexity index is 221. The first kappa shape index (κ1) is 14.2. The third-order valence-corrected chi connectivity index (χ3v) is 2.61. The molecule has 0 aromatic heterocycles. The second-order valence-corrected chi connectivity index (χ2v) is 3.69. The van der Waals surface area contributed by atoms with E-state index in [-0.39, 0.29) is 6.10 Å². The number of unbranched alkanes of at least 4 members (excludes halogenated alkanes) is 2. The van der Waals surface area contributed by atoms with Gasteiger partial charge in [0.1, 0.15) is 0 Å². The van der Waals surface area contributed by atoms with Crippen molar-refractivity contribution in [2.24, 2.45) is 0 Å². The van der Waals surface area contributed by atoms with Gasteiger partial charge in [0, 0.05) is 13.5 Å². The second kappa shape index (κ2) is 9.76. The lowest BCUT2D eigenvalue weighted by molar-refractivity contribution is 0.130. The minimum atomic E-state index is 0.209. The molecule has 0 aromatic rings. The van der Waals surface area contributed by atoms with E-state index in [4.69, 9.17) is 4.74 Å². The summed E-state index contributed by atoms with van der Waals surface area (Å²) in [6, 6.07) is 0.